The summed E-state index contributed by atoms with van der Waals surface area (Å²) in [6.45, 7) is 0.623. The van der Waals surface area contributed by atoms with Gasteiger partial charge in [-0.15, -0.1) is 11.8 Å². The fourth-order valence-electron chi connectivity index (χ4n) is 2.66. The third kappa shape index (κ3) is 3.47. The summed E-state index contributed by atoms with van der Waals surface area (Å²) in [5.74, 6) is -0.501. The number of carbonyl (C=O) groups excluding carboxylic acids is 3. The third-order valence-corrected chi connectivity index (χ3v) is 4.84. The van der Waals surface area contributed by atoms with Crippen molar-refractivity contribution in [2.24, 2.45) is 0 Å². The summed E-state index contributed by atoms with van der Waals surface area (Å²) in [6.07, 6.45) is -0.0664. The molecule has 1 unspecified atom stereocenters. The molecule has 0 bridgehead atoms. The molecule has 2 fully saturated rings. The summed E-state index contributed by atoms with van der Waals surface area (Å²) < 4.78 is 17.5. The van der Waals surface area contributed by atoms with E-state index in [1.54, 1.807) is 17.0 Å². The maximum Gasteiger partial charge on any atom is 0.417 e. The second kappa shape index (κ2) is 6.57. The van der Waals surface area contributed by atoms with E-state index in [4.69, 9.17) is 4.74 Å². The van der Waals surface area contributed by atoms with E-state index in [1.165, 1.54) is 23.9 Å². The molecule has 0 aromatic heterocycles. The number of likely N-dealkylation sites (tertiary alicyclic amines) is 1. The van der Waals surface area contributed by atoms with E-state index in [9.17, 15) is 18.8 Å². The molecule has 1 aromatic rings. The highest BCUT2D eigenvalue weighted by Gasteiger charge is 2.41. The van der Waals surface area contributed by atoms with Crippen molar-refractivity contribution in [3.8, 4) is 0 Å². The number of hydrogen-bond acceptors (Lipinski definition) is 5. The number of amides is 3. The predicted molar refractivity (Wildman–Crippen MR) is 80.3 cm³/mol. The number of ether oxygens (including phenoxy) is 1. The highest BCUT2D eigenvalue weighted by Crippen LogP contribution is 2.23. The number of halogens is 1. The van der Waals surface area contributed by atoms with Crippen LogP contribution in [0.1, 0.15) is 6.42 Å². The molecule has 0 N–H and O–H groups in total. The van der Waals surface area contributed by atoms with Crippen LogP contribution in [0, 0.1) is 5.82 Å². The molecule has 3 rings (SSSR count). The van der Waals surface area contributed by atoms with Gasteiger partial charge in [0.15, 0.2) is 6.61 Å². The quantitative estimate of drug-likeness (QED) is 0.779. The Kier molecular flexibility index (Phi) is 4.51. The Morgan fingerprint density at radius 3 is 2.70 bits per heavy atom. The molecule has 6 nitrogen and oxygen atoms in total. The van der Waals surface area contributed by atoms with Gasteiger partial charge in [0.1, 0.15) is 5.82 Å². The standard InChI is InChI=1S/C15H15FN2O4S/c16-10-1-3-12(4-2-10)23-9-14(20)17-6-5-11(7-17)18-13(19)8-22-15(18)21/h1-4,11H,5-9H2. The van der Waals surface area contributed by atoms with Gasteiger partial charge in [-0.2, -0.15) is 0 Å². The molecule has 2 saturated heterocycles. The zero-order valence-electron chi connectivity index (χ0n) is 12.2. The molecule has 2 heterocycles. The predicted octanol–water partition coefficient (Wildman–Crippen LogP) is 1.50. The van der Waals surface area contributed by atoms with Gasteiger partial charge in [-0.3, -0.25) is 9.59 Å². The average molecular weight is 338 g/mol. The van der Waals surface area contributed by atoms with Crippen LogP contribution in [0.25, 0.3) is 0 Å². The maximum absolute atomic E-state index is 12.8. The first-order valence-electron chi connectivity index (χ1n) is 7.19. The summed E-state index contributed by atoms with van der Waals surface area (Å²) in [5, 5.41) is 0. The number of rotatable bonds is 4. The first-order chi connectivity index (χ1) is 11.0. The van der Waals surface area contributed by atoms with Gasteiger partial charge >= 0.3 is 6.09 Å². The molecule has 2 aliphatic rings. The SMILES string of the molecule is O=C(CSc1ccc(F)cc1)N1CCC(N2C(=O)COC2=O)C1. The first kappa shape index (κ1) is 15.8. The summed E-state index contributed by atoms with van der Waals surface area (Å²) in [7, 11) is 0. The molecule has 1 atom stereocenters. The highest BCUT2D eigenvalue weighted by atomic mass is 32.2. The third-order valence-electron chi connectivity index (χ3n) is 3.84. The van der Waals surface area contributed by atoms with Crippen molar-refractivity contribution in [3.05, 3.63) is 30.1 Å². The van der Waals surface area contributed by atoms with Gasteiger partial charge in [-0.05, 0) is 30.7 Å². The Morgan fingerprint density at radius 1 is 1.30 bits per heavy atom. The smallest absolute Gasteiger partial charge is 0.417 e. The zero-order valence-corrected chi connectivity index (χ0v) is 13.1. The maximum atomic E-state index is 12.8. The van der Waals surface area contributed by atoms with E-state index in [0.29, 0.717) is 19.5 Å². The lowest BCUT2D eigenvalue weighted by atomic mass is 10.2. The fraction of sp³-hybridized carbons (Fsp3) is 0.400. The van der Waals surface area contributed by atoms with Gasteiger partial charge in [-0.1, -0.05) is 0 Å². The second-order valence-corrected chi connectivity index (χ2v) is 6.39. The molecule has 1 aromatic carbocycles. The minimum Gasteiger partial charge on any atom is -0.439 e. The van der Waals surface area contributed by atoms with Crippen LogP contribution in [0.15, 0.2) is 29.2 Å². The lowest BCUT2D eigenvalue weighted by molar-refractivity contribution is -0.129. The number of hydrogen-bond donors (Lipinski definition) is 0. The number of carbonyl (C=O) groups is 3. The van der Waals surface area contributed by atoms with E-state index in [-0.39, 0.29) is 36.0 Å². The number of imide groups is 1. The summed E-state index contributed by atoms with van der Waals surface area (Å²) >= 11 is 1.33. The monoisotopic (exact) mass is 338 g/mol. The molecule has 0 saturated carbocycles. The van der Waals surface area contributed by atoms with Gasteiger partial charge in [0.25, 0.3) is 5.91 Å². The number of nitrogens with zero attached hydrogens (tertiary/aromatic N) is 2. The van der Waals surface area contributed by atoms with Crippen LogP contribution in [0.2, 0.25) is 0 Å². The van der Waals surface area contributed by atoms with Crippen LogP contribution in [0.5, 0.6) is 0 Å². The molecule has 0 radical (unpaired) electrons. The van der Waals surface area contributed by atoms with Gasteiger partial charge in [0.2, 0.25) is 5.91 Å². The Bertz CT molecular complexity index is 621. The molecule has 0 aliphatic carbocycles. The molecule has 0 spiro atoms. The lowest BCUT2D eigenvalue weighted by Gasteiger charge is -2.20. The molecular formula is C15H15FN2O4S. The van der Waals surface area contributed by atoms with E-state index in [1.807, 2.05) is 0 Å². The average Bonchev–Trinajstić information content (AvgIpc) is 3.13. The molecule has 23 heavy (non-hydrogen) atoms. The minimum atomic E-state index is -0.630. The van der Waals surface area contributed by atoms with Crippen molar-refractivity contribution < 1.29 is 23.5 Å². The van der Waals surface area contributed by atoms with Gasteiger partial charge < -0.3 is 9.64 Å². The normalized spacial score (nSPS) is 21.0. The van der Waals surface area contributed by atoms with Crippen LogP contribution in [-0.4, -0.2) is 59.2 Å². The summed E-state index contributed by atoms with van der Waals surface area (Å²) in [6, 6.07) is 5.64. The van der Waals surface area contributed by atoms with Gasteiger partial charge in [0.05, 0.1) is 11.8 Å². The van der Waals surface area contributed by atoms with Crippen LogP contribution < -0.4 is 0 Å². The molecular weight excluding hydrogens is 323 g/mol. The Labute approximate surface area is 136 Å². The van der Waals surface area contributed by atoms with Crippen molar-refractivity contribution in [1.82, 2.24) is 9.80 Å². The fourth-order valence-corrected chi connectivity index (χ4v) is 3.46. The number of thioether (sulfide) groups is 1. The van der Waals surface area contributed by atoms with Crippen LogP contribution in [0.3, 0.4) is 0 Å². The summed E-state index contributed by atoms with van der Waals surface area (Å²) in [4.78, 5) is 38.9. The topological polar surface area (TPSA) is 66.9 Å². The molecule has 3 amide bonds. The van der Waals surface area contributed by atoms with Crippen molar-refractivity contribution in [2.45, 2.75) is 17.4 Å². The van der Waals surface area contributed by atoms with E-state index >= 15 is 0 Å². The minimum absolute atomic E-state index is 0.0677. The van der Waals surface area contributed by atoms with Crippen molar-refractivity contribution in [1.29, 1.82) is 0 Å². The van der Waals surface area contributed by atoms with Crippen molar-refractivity contribution >= 4 is 29.7 Å². The van der Waals surface area contributed by atoms with Gasteiger partial charge in [-0.25, -0.2) is 14.1 Å². The molecule has 2 aliphatic heterocycles. The number of cyclic esters (lactones) is 1. The van der Waals surface area contributed by atoms with Crippen molar-refractivity contribution in [3.63, 3.8) is 0 Å². The number of benzene rings is 1. The highest BCUT2D eigenvalue weighted by molar-refractivity contribution is 8.00. The van der Waals surface area contributed by atoms with Crippen molar-refractivity contribution in [2.75, 3.05) is 25.4 Å². The van der Waals surface area contributed by atoms with Crippen LogP contribution in [-0.2, 0) is 14.3 Å². The second-order valence-electron chi connectivity index (χ2n) is 5.34. The van der Waals surface area contributed by atoms with E-state index in [2.05, 4.69) is 0 Å². The Balaban J connectivity index is 1.52. The van der Waals surface area contributed by atoms with Crippen LogP contribution in [0.4, 0.5) is 9.18 Å². The first-order valence-corrected chi connectivity index (χ1v) is 8.18. The largest absolute Gasteiger partial charge is 0.439 e. The Hall–Kier alpha value is -2.09. The van der Waals surface area contributed by atoms with E-state index in [0.717, 1.165) is 9.80 Å². The molecule has 122 valence electrons. The lowest BCUT2D eigenvalue weighted by Crippen LogP contribution is -2.42. The summed E-state index contributed by atoms with van der Waals surface area (Å²) in [5.41, 5.74) is 0. The zero-order chi connectivity index (χ0) is 16.4. The van der Waals surface area contributed by atoms with Gasteiger partial charge in [0, 0.05) is 18.0 Å². The molecule has 8 heteroatoms. The van der Waals surface area contributed by atoms with E-state index < -0.39 is 6.09 Å². The Morgan fingerprint density at radius 2 is 2.04 bits per heavy atom. The van der Waals surface area contributed by atoms with Crippen LogP contribution >= 0.6 is 11.8 Å².